The molecule has 1 saturated heterocycles. The Labute approximate surface area is 130 Å². The van der Waals surface area contributed by atoms with Crippen molar-refractivity contribution < 1.29 is 9.53 Å². The molecule has 1 fully saturated rings. The molecule has 1 aliphatic heterocycles. The van der Waals surface area contributed by atoms with Crippen molar-refractivity contribution in [2.75, 3.05) is 13.1 Å². The fraction of sp³-hybridized carbons (Fsp3) is 0.562. The molecule has 2 atom stereocenters. The van der Waals surface area contributed by atoms with Crippen molar-refractivity contribution >= 4 is 6.09 Å². The number of hydrogen-bond donors (Lipinski definition) is 0. The summed E-state index contributed by atoms with van der Waals surface area (Å²) in [7, 11) is 0. The lowest BCUT2D eigenvalue weighted by Crippen LogP contribution is -2.35. The number of azide groups is 1. The first-order valence-electron chi connectivity index (χ1n) is 7.39. The Hall–Kier alpha value is -2.20. The van der Waals surface area contributed by atoms with Gasteiger partial charge in [0.1, 0.15) is 5.60 Å². The van der Waals surface area contributed by atoms with Gasteiger partial charge in [0.15, 0.2) is 0 Å². The second-order valence-electron chi connectivity index (χ2n) is 6.67. The molecule has 0 spiro atoms. The average Bonchev–Trinajstić information content (AvgIpc) is 2.82. The van der Waals surface area contributed by atoms with Gasteiger partial charge in [-0.1, -0.05) is 34.9 Å². The molecule has 118 valence electrons. The molecule has 0 bridgehead atoms. The third kappa shape index (κ3) is 3.92. The monoisotopic (exact) mass is 302 g/mol. The molecular formula is C16H22N4O2. The molecule has 0 aliphatic carbocycles. The zero-order valence-electron chi connectivity index (χ0n) is 13.5. The van der Waals surface area contributed by atoms with Crippen LogP contribution in [0.2, 0.25) is 0 Å². The smallest absolute Gasteiger partial charge is 0.410 e. The minimum Gasteiger partial charge on any atom is -0.444 e. The summed E-state index contributed by atoms with van der Waals surface area (Å²) in [6.45, 7) is 8.42. The maximum atomic E-state index is 12.2. The summed E-state index contributed by atoms with van der Waals surface area (Å²) in [6.07, 6.45) is -0.361. The molecule has 0 unspecified atom stereocenters. The summed E-state index contributed by atoms with van der Waals surface area (Å²) in [6, 6.07) is 7.84. The zero-order valence-corrected chi connectivity index (χ0v) is 13.5. The van der Waals surface area contributed by atoms with E-state index in [-0.39, 0.29) is 18.1 Å². The van der Waals surface area contributed by atoms with Crippen molar-refractivity contribution in [3.8, 4) is 0 Å². The van der Waals surface area contributed by atoms with Crippen LogP contribution < -0.4 is 0 Å². The summed E-state index contributed by atoms with van der Waals surface area (Å²) < 4.78 is 5.40. The van der Waals surface area contributed by atoms with Crippen molar-refractivity contribution in [2.24, 2.45) is 5.11 Å². The fourth-order valence-corrected chi connectivity index (χ4v) is 2.59. The number of nitrogens with zero attached hydrogens (tertiary/aromatic N) is 4. The van der Waals surface area contributed by atoms with E-state index in [0.29, 0.717) is 13.1 Å². The number of amides is 1. The molecule has 0 N–H and O–H groups in total. The third-order valence-corrected chi connectivity index (χ3v) is 3.65. The Kier molecular flexibility index (Phi) is 4.62. The van der Waals surface area contributed by atoms with Gasteiger partial charge in [0.2, 0.25) is 0 Å². The van der Waals surface area contributed by atoms with Crippen LogP contribution in [0.3, 0.4) is 0 Å². The Morgan fingerprint density at radius 1 is 1.32 bits per heavy atom. The Balaban J connectivity index is 2.17. The molecule has 1 aromatic carbocycles. The van der Waals surface area contributed by atoms with Crippen LogP contribution in [0, 0.1) is 6.92 Å². The first kappa shape index (κ1) is 16.2. The molecular weight excluding hydrogens is 280 g/mol. The van der Waals surface area contributed by atoms with Crippen LogP contribution in [0.4, 0.5) is 4.79 Å². The number of rotatable bonds is 2. The second kappa shape index (κ2) is 6.28. The predicted molar refractivity (Wildman–Crippen MR) is 84.7 cm³/mol. The summed E-state index contributed by atoms with van der Waals surface area (Å²) in [5, 5.41) is 3.86. The number of hydrogen-bond acceptors (Lipinski definition) is 3. The van der Waals surface area contributed by atoms with Gasteiger partial charge in [0, 0.05) is 23.9 Å². The van der Waals surface area contributed by atoms with Gasteiger partial charge in [0.25, 0.3) is 0 Å². The van der Waals surface area contributed by atoms with Crippen molar-refractivity contribution in [3.05, 3.63) is 45.8 Å². The Bertz CT molecular complexity index is 585. The maximum Gasteiger partial charge on any atom is 0.410 e. The van der Waals surface area contributed by atoms with Crippen molar-refractivity contribution in [3.63, 3.8) is 0 Å². The normalized spacial score (nSPS) is 21.4. The summed E-state index contributed by atoms with van der Waals surface area (Å²) >= 11 is 0. The lowest BCUT2D eigenvalue weighted by Gasteiger charge is -2.24. The number of aryl methyl sites for hydroxylation is 1. The average molecular weight is 302 g/mol. The molecule has 0 aromatic heterocycles. The van der Waals surface area contributed by atoms with Gasteiger partial charge >= 0.3 is 6.09 Å². The summed E-state index contributed by atoms with van der Waals surface area (Å²) in [4.78, 5) is 16.8. The molecule has 0 radical (unpaired) electrons. The molecule has 22 heavy (non-hydrogen) atoms. The van der Waals surface area contributed by atoms with Gasteiger partial charge in [0.05, 0.1) is 6.04 Å². The lowest BCUT2D eigenvalue weighted by molar-refractivity contribution is 0.0290. The van der Waals surface area contributed by atoms with E-state index in [1.54, 1.807) is 4.90 Å². The van der Waals surface area contributed by atoms with Crippen LogP contribution in [0.5, 0.6) is 0 Å². The van der Waals surface area contributed by atoms with Crippen molar-refractivity contribution in [1.29, 1.82) is 0 Å². The van der Waals surface area contributed by atoms with Crippen molar-refractivity contribution in [2.45, 2.75) is 45.3 Å². The van der Waals surface area contributed by atoms with Crippen LogP contribution in [0.15, 0.2) is 29.4 Å². The first-order valence-corrected chi connectivity index (χ1v) is 7.39. The van der Waals surface area contributed by atoms with Crippen LogP contribution in [0.1, 0.15) is 37.8 Å². The quantitative estimate of drug-likeness (QED) is 0.470. The summed E-state index contributed by atoms with van der Waals surface area (Å²) in [5.74, 6) is 0.00372. The van der Waals surface area contributed by atoms with E-state index in [1.807, 2.05) is 52.0 Å². The zero-order chi connectivity index (χ0) is 16.3. The molecule has 1 amide bonds. The van der Waals surface area contributed by atoms with Crippen LogP contribution in [-0.4, -0.2) is 35.7 Å². The highest BCUT2D eigenvalue weighted by Crippen LogP contribution is 2.31. The van der Waals surface area contributed by atoms with Gasteiger partial charge in [-0.25, -0.2) is 4.79 Å². The van der Waals surface area contributed by atoms with E-state index in [4.69, 9.17) is 10.3 Å². The number of likely N-dealkylation sites (tertiary alicyclic amines) is 1. The number of benzene rings is 1. The fourth-order valence-electron chi connectivity index (χ4n) is 2.59. The van der Waals surface area contributed by atoms with Gasteiger partial charge in [-0.2, -0.15) is 0 Å². The molecule has 0 saturated carbocycles. The lowest BCUT2D eigenvalue weighted by atomic mass is 9.94. The maximum absolute atomic E-state index is 12.2. The Morgan fingerprint density at radius 2 is 1.95 bits per heavy atom. The van der Waals surface area contributed by atoms with Gasteiger partial charge in [-0.3, -0.25) is 0 Å². The SMILES string of the molecule is Cc1ccc([C@H]2CN(C(=O)OC(C)(C)C)C[C@H]2N=[N+]=[N-])cc1. The first-order chi connectivity index (χ1) is 10.3. The van der Waals surface area contributed by atoms with Gasteiger partial charge in [-0.05, 0) is 38.8 Å². The van der Waals surface area contributed by atoms with Crippen molar-refractivity contribution in [1.82, 2.24) is 4.90 Å². The van der Waals surface area contributed by atoms with E-state index < -0.39 is 5.60 Å². The minimum absolute atomic E-state index is 0.00372. The molecule has 1 aromatic rings. The molecule has 6 heteroatoms. The molecule has 2 rings (SSSR count). The van der Waals surface area contributed by atoms with Crippen LogP contribution >= 0.6 is 0 Å². The Morgan fingerprint density at radius 3 is 2.50 bits per heavy atom. The number of carbonyl (C=O) groups is 1. The highest BCUT2D eigenvalue weighted by atomic mass is 16.6. The largest absolute Gasteiger partial charge is 0.444 e. The highest BCUT2D eigenvalue weighted by molar-refractivity contribution is 5.69. The van der Waals surface area contributed by atoms with E-state index in [0.717, 1.165) is 5.56 Å². The second-order valence-corrected chi connectivity index (χ2v) is 6.67. The highest BCUT2D eigenvalue weighted by Gasteiger charge is 2.37. The van der Waals surface area contributed by atoms with Crippen LogP contribution in [-0.2, 0) is 4.74 Å². The topological polar surface area (TPSA) is 78.3 Å². The van der Waals surface area contributed by atoms with E-state index in [1.165, 1.54) is 5.56 Å². The molecule has 1 aliphatic rings. The van der Waals surface area contributed by atoms with E-state index in [9.17, 15) is 4.79 Å². The van der Waals surface area contributed by atoms with Gasteiger partial charge in [-0.15, -0.1) is 0 Å². The predicted octanol–water partition coefficient (Wildman–Crippen LogP) is 4.01. The van der Waals surface area contributed by atoms with Gasteiger partial charge < -0.3 is 9.64 Å². The standard InChI is InChI=1S/C16H22N4O2/c1-11-5-7-12(8-6-11)13-9-20(10-14(13)18-19-17)15(21)22-16(2,3)4/h5-8,13-14H,9-10H2,1-4H3/t13-,14-/m1/s1. The molecule has 1 heterocycles. The van der Waals surface area contributed by atoms with Crippen LogP contribution in [0.25, 0.3) is 10.4 Å². The minimum atomic E-state index is -0.535. The number of carbonyl (C=O) groups excluding carboxylic acids is 1. The molecule has 6 nitrogen and oxygen atoms in total. The van der Waals surface area contributed by atoms with E-state index >= 15 is 0 Å². The third-order valence-electron chi connectivity index (χ3n) is 3.65. The van der Waals surface area contributed by atoms with E-state index in [2.05, 4.69) is 10.0 Å². The number of ether oxygens (including phenoxy) is 1. The summed E-state index contributed by atoms with van der Waals surface area (Å²) in [5.41, 5.74) is 10.5.